The van der Waals surface area contributed by atoms with Gasteiger partial charge in [0.25, 0.3) is 5.56 Å². The molecule has 20 heavy (non-hydrogen) atoms. The third-order valence-electron chi connectivity index (χ3n) is 2.37. The number of pyridine rings is 1. The third kappa shape index (κ3) is 5.57. The summed E-state index contributed by atoms with van der Waals surface area (Å²) in [4.78, 5) is 23.0. The van der Waals surface area contributed by atoms with Crippen LogP contribution in [-0.4, -0.2) is 22.8 Å². The van der Waals surface area contributed by atoms with Gasteiger partial charge in [0.15, 0.2) is 0 Å². The maximum absolute atomic E-state index is 11.6. The summed E-state index contributed by atoms with van der Waals surface area (Å²) in [7, 11) is 0. The van der Waals surface area contributed by atoms with Gasteiger partial charge in [0.05, 0.1) is 11.6 Å². The van der Waals surface area contributed by atoms with E-state index < -0.39 is 11.7 Å². The molecule has 0 spiro atoms. The van der Waals surface area contributed by atoms with E-state index in [1.54, 1.807) is 33.0 Å². The van der Waals surface area contributed by atoms with Gasteiger partial charge >= 0.3 is 6.09 Å². The zero-order chi connectivity index (χ0) is 15.2. The molecule has 0 aliphatic heterocycles. The first-order chi connectivity index (χ1) is 9.31. The van der Waals surface area contributed by atoms with E-state index in [1.807, 2.05) is 6.07 Å². The molecule has 6 nitrogen and oxygen atoms in total. The van der Waals surface area contributed by atoms with Gasteiger partial charge in [0, 0.05) is 25.4 Å². The van der Waals surface area contributed by atoms with Crippen LogP contribution < -0.4 is 10.9 Å². The van der Waals surface area contributed by atoms with Crippen molar-refractivity contribution in [3.05, 3.63) is 34.2 Å². The minimum absolute atomic E-state index is 0.221. The summed E-state index contributed by atoms with van der Waals surface area (Å²) in [6.07, 6.45) is 1.71. The summed E-state index contributed by atoms with van der Waals surface area (Å²) in [6, 6.07) is 4.79. The van der Waals surface area contributed by atoms with Gasteiger partial charge < -0.3 is 14.6 Å². The predicted molar refractivity (Wildman–Crippen MR) is 74.3 cm³/mol. The SMILES string of the molecule is CC(C)(C)OC(=O)NCCCn1ccc(C#N)cc1=O. The fraction of sp³-hybridized carbons (Fsp3) is 0.500. The number of amides is 1. The fourth-order valence-electron chi connectivity index (χ4n) is 1.52. The quantitative estimate of drug-likeness (QED) is 0.848. The lowest BCUT2D eigenvalue weighted by atomic mass is 10.2. The minimum Gasteiger partial charge on any atom is -0.444 e. The van der Waals surface area contributed by atoms with E-state index in [4.69, 9.17) is 10.00 Å². The molecule has 0 radical (unpaired) electrons. The van der Waals surface area contributed by atoms with Gasteiger partial charge in [-0.05, 0) is 33.3 Å². The molecule has 0 aliphatic rings. The molecule has 108 valence electrons. The molecule has 6 heteroatoms. The number of hydrogen-bond acceptors (Lipinski definition) is 4. The largest absolute Gasteiger partial charge is 0.444 e. The van der Waals surface area contributed by atoms with E-state index in [-0.39, 0.29) is 5.56 Å². The van der Waals surface area contributed by atoms with Gasteiger partial charge in [-0.25, -0.2) is 4.79 Å². The van der Waals surface area contributed by atoms with E-state index in [2.05, 4.69) is 5.32 Å². The summed E-state index contributed by atoms with van der Waals surface area (Å²) in [5, 5.41) is 11.3. The maximum atomic E-state index is 11.6. The second-order valence-corrected chi connectivity index (χ2v) is 5.34. The summed E-state index contributed by atoms with van der Waals surface area (Å²) >= 11 is 0. The van der Waals surface area contributed by atoms with Crippen LogP contribution in [0, 0.1) is 11.3 Å². The van der Waals surface area contributed by atoms with Gasteiger partial charge in [-0.2, -0.15) is 5.26 Å². The molecule has 1 N–H and O–H groups in total. The van der Waals surface area contributed by atoms with Crippen LogP contribution in [0.2, 0.25) is 0 Å². The van der Waals surface area contributed by atoms with Crippen LogP contribution in [-0.2, 0) is 11.3 Å². The van der Waals surface area contributed by atoms with Crippen molar-refractivity contribution >= 4 is 6.09 Å². The van der Waals surface area contributed by atoms with E-state index in [1.165, 1.54) is 10.6 Å². The number of ether oxygens (including phenoxy) is 1. The average molecular weight is 277 g/mol. The lowest BCUT2D eigenvalue weighted by molar-refractivity contribution is 0.0526. The summed E-state index contributed by atoms with van der Waals surface area (Å²) in [5.41, 5.74) is -0.395. The number of aryl methyl sites for hydroxylation is 1. The van der Waals surface area contributed by atoms with Crippen molar-refractivity contribution in [2.75, 3.05) is 6.54 Å². The Labute approximate surface area is 118 Å². The lowest BCUT2D eigenvalue weighted by Crippen LogP contribution is -2.33. The van der Waals surface area contributed by atoms with E-state index in [0.717, 1.165) is 0 Å². The van der Waals surface area contributed by atoms with E-state index >= 15 is 0 Å². The summed E-state index contributed by atoms with van der Waals surface area (Å²) < 4.78 is 6.59. The Balaban J connectivity index is 2.37. The molecular formula is C14H19N3O3. The Kier molecular flexibility index (Phi) is 5.32. The zero-order valence-electron chi connectivity index (χ0n) is 12.0. The number of nitriles is 1. The Morgan fingerprint density at radius 2 is 2.20 bits per heavy atom. The second-order valence-electron chi connectivity index (χ2n) is 5.34. The molecule has 0 aliphatic carbocycles. The molecule has 0 bridgehead atoms. The number of nitrogens with one attached hydrogen (secondary N) is 1. The second kappa shape index (κ2) is 6.75. The molecule has 0 atom stereocenters. The van der Waals surface area contributed by atoms with Crippen LogP contribution in [0.1, 0.15) is 32.8 Å². The van der Waals surface area contributed by atoms with Crippen LogP contribution in [0.15, 0.2) is 23.1 Å². The molecule has 1 amide bonds. The van der Waals surface area contributed by atoms with Crippen molar-refractivity contribution < 1.29 is 9.53 Å². The van der Waals surface area contributed by atoms with Crippen LogP contribution >= 0.6 is 0 Å². The molecule has 1 rings (SSSR count). The third-order valence-corrected chi connectivity index (χ3v) is 2.37. The molecule has 0 saturated heterocycles. The summed E-state index contributed by atoms with van der Waals surface area (Å²) in [6.45, 7) is 6.27. The highest BCUT2D eigenvalue weighted by molar-refractivity contribution is 5.67. The molecule has 0 unspecified atom stereocenters. The van der Waals surface area contributed by atoms with Crippen molar-refractivity contribution in [3.8, 4) is 6.07 Å². The molecule has 0 aromatic carbocycles. The van der Waals surface area contributed by atoms with Crippen molar-refractivity contribution in [2.24, 2.45) is 0 Å². The van der Waals surface area contributed by atoms with Gasteiger partial charge in [-0.15, -0.1) is 0 Å². The molecule has 1 heterocycles. The van der Waals surface area contributed by atoms with E-state index in [0.29, 0.717) is 25.1 Å². The number of hydrogen-bond donors (Lipinski definition) is 1. The first-order valence-electron chi connectivity index (χ1n) is 6.39. The molecule has 1 aromatic rings. The number of carbonyl (C=O) groups is 1. The van der Waals surface area contributed by atoms with Crippen molar-refractivity contribution in [2.45, 2.75) is 39.3 Å². The molecular weight excluding hydrogens is 258 g/mol. The van der Waals surface area contributed by atoms with Gasteiger partial charge in [-0.3, -0.25) is 4.79 Å². The Morgan fingerprint density at radius 1 is 1.50 bits per heavy atom. The van der Waals surface area contributed by atoms with Gasteiger partial charge in [0.1, 0.15) is 5.60 Å². The zero-order valence-corrected chi connectivity index (χ0v) is 12.0. The van der Waals surface area contributed by atoms with Crippen LogP contribution in [0.3, 0.4) is 0 Å². The number of alkyl carbamates (subject to hydrolysis) is 1. The number of nitrogens with zero attached hydrogens (tertiary/aromatic N) is 2. The first kappa shape index (κ1) is 15.8. The smallest absolute Gasteiger partial charge is 0.407 e. The minimum atomic E-state index is -0.520. The van der Waals surface area contributed by atoms with Crippen LogP contribution in [0.5, 0.6) is 0 Å². The monoisotopic (exact) mass is 277 g/mol. The Bertz CT molecular complexity index is 564. The van der Waals surface area contributed by atoms with Crippen molar-refractivity contribution in [3.63, 3.8) is 0 Å². The highest BCUT2D eigenvalue weighted by atomic mass is 16.6. The van der Waals surface area contributed by atoms with Crippen molar-refractivity contribution in [1.29, 1.82) is 5.26 Å². The summed E-state index contributed by atoms with van der Waals surface area (Å²) in [5.74, 6) is 0. The molecule has 1 aromatic heterocycles. The maximum Gasteiger partial charge on any atom is 0.407 e. The number of aromatic nitrogens is 1. The highest BCUT2D eigenvalue weighted by Gasteiger charge is 2.15. The molecule has 0 saturated carbocycles. The first-order valence-corrected chi connectivity index (χ1v) is 6.39. The standard InChI is InChI=1S/C14H19N3O3/c1-14(2,3)20-13(19)16-6-4-7-17-8-5-11(10-15)9-12(17)18/h5,8-9H,4,6-7H2,1-3H3,(H,16,19). The number of carbonyl (C=O) groups excluding carboxylic acids is 1. The number of rotatable bonds is 4. The normalized spacial score (nSPS) is 10.7. The van der Waals surface area contributed by atoms with Crippen LogP contribution in [0.25, 0.3) is 0 Å². The van der Waals surface area contributed by atoms with Gasteiger partial charge in [0.2, 0.25) is 0 Å². The van der Waals surface area contributed by atoms with Crippen LogP contribution in [0.4, 0.5) is 4.79 Å². The van der Waals surface area contributed by atoms with E-state index in [9.17, 15) is 9.59 Å². The Morgan fingerprint density at radius 3 is 2.75 bits per heavy atom. The van der Waals surface area contributed by atoms with Gasteiger partial charge in [-0.1, -0.05) is 0 Å². The lowest BCUT2D eigenvalue weighted by Gasteiger charge is -2.19. The topological polar surface area (TPSA) is 84.1 Å². The molecule has 0 fully saturated rings. The van der Waals surface area contributed by atoms with Crippen molar-refractivity contribution in [1.82, 2.24) is 9.88 Å². The average Bonchev–Trinajstić information content (AvgIpc) is 2.33. The fourth-order valence-corrected chi connectivity index (χ4v) is 1.52. The highest BCUT2D eigenvalue weighted by Crippen LogP contribution is 2.06. The Hall–Kier alpha value is -2.29. The predicted octanol–water partition coefficient (Wildman–Crippen LogP) is 1.63.